The van der Waals surface area contributed by atoms with Gasteiger partial charge in [-0.2, -0.15) is 5.10 Å². The number of rotatable bonds is 3. The summed E-state index contributed by atoms with van der Waals surface area (Å²) in [5.74, 6) is -0.489. The third-order valence-electron chi connectivity index (χ3n) is 4.56. The zero-order valence-electron chi connectivity index (χ0n) is 15.6. The normalized spacial score (nSPS) is 16.7. The number of ether oxygens (including phenoxy) is 1. The minimum absolute atomic E-state index is 0.199. The zero-order valence-corrected chi connectivity index (χ0v) is 16.4. The second-order valence-corrected chi connectivity index (χ2v) is 7.44. The van der Waals surface area contributed by atoms with Crippen LogP contribution in [0.3, 0.4) is 0 Å². The number of carbonyl (C=O) groups excluding carboxylic acids is 1. The molecule has 0 spiro atoms. The first kappa shape index (κ1) is 18.1. The number of fused-ring (bicyclic) bond motifs is 1. The van der Waals surface area contributed by atoms with E-state index in [4.69, 9.17) is 4.74 Å². The van der Waals surface area contributed by atoms with Gasteiger partial charge in [-0.25, -0.2) is 9.79 Å². The molecule has 0 unspecified atom stereocenters. The van der Waals surface area contributed by atoms with Gasteiger partial charge in [-0.15, -0.1) is 0 Å². The molecule has 0 N–H and O–H groups in total. The summed E-state index contributed by atoms with van der Waals surface area (Å²) in [6, 6.07) is 8.86. The molecule has 4 rings (SSSR count). The molecule has 1 aliphatic rings. The van der Waals surface area contributed by atoms with Crippen LogP contribution in [0.2, 0.25) is 0 Å². The Morgan fingerprint density at radius 3 is 2.68 bits per heavy atom. The van der Waals surface area contributed by atoms with Crippen LogP contribution >= 0.6 is 11.3 Å². The molecule has 1 atom stereocenters. The molecule has 142 valence electrons. The number of hydrogen-bond donors (Lipinski definition) is 0. The van der Waals surface area contributed by atoms with Gasteiger partial charge in [-0.3, -0.25) is 14.0 Å². The van der Waals surface area contributed by atoms with Gasteiger partial charge in [0.2, 0.25) is 0 Å². The summed E-state index contributed by atoms with van der Waals surface area (Å²) in [5.41, 5.74) is 2.37. The van der Waals surface area contributed by atoms with E-state index in [9.17, 15) is 9.59 Å². The van der Waals surface area contributed by atoms with Crippen LogP contribution in [0.25, 0.3) is 6.08 Å². The lowest BCUT2D eigenvalue weighted by Crippen LogP contribution is -2.39. The van der Waals surface area contributed by atoms with Gasteiger partial charge in [-0.1, -0.05) is 41.7 Å². The number of allylic oxidation sites excluding steroid dienone is 1. The summed E-state index contributed by atoms with van der Waals surface area (Å²) in [5, 5.41) is 4.13. The molecule has 0 amide bonds. The third kappa shape index (κ3) is 3.01. The topological polar surface area (TPSA) is 78.5 Å². The van der Waals surface area contributed by atoms with Crippen LogP contribution in [0.5, 0.6) is 0 Å². The molecule has 3 heterocycles. The van der Waals surface area contributed by atoms with Crippen LogP contribution in [0.15, 0.2) is 63.8 Å². The highest BCUT2D eigenvalue weighted by molar-refractivity contribution is 7.07. The van der Waals surface area contributed by atoms with Gasteiger partial charge in [0.1, 0.15) is 0 Å². The standard InChI is InChI=1S/C20H18N4O3S/c1-12-16(19(26)27-3)17(14-7-5-4-6-8-14)24-18(25)15(28-20(24)22-12)9-13-10-21-23(2)11-13/h4-11,17H,1-3H3/b15-9-/t17-/m0/s1. The number of methoxy groups -OCH3 is 1. The number of nitrogens with zero attached hydrogens (tertiary/aromatic N) is 4. The molecule has 1 aromatic carbocycles. The summed E-state index contributed by atoms with van der Waals surface area (Å²) in [4.78, 5) is 30.8. The molecule has 3 aromatic rings. The predicted molar refractivity (Wildman–Crippen MR) is 105 cm³/mol. The van der Waals surface area contributed by atoms with Crippen molar-refractivity contribution in [3.63, 3.8) is 0 Å². The lowest BCUT2D eigenvalue weighted by molar-refractivity contribution is -0.136. The Bertz CT molecular complexity index is 1260. The highest BCUT2D eigenvalue weighted by Crippen LogP contribution is 2.30. The van der Waals surface area contributed by atoms with Crippen molar-refractivity contribution in [1.29, 1.82) is 0 Å². The Hall–Kier alpha value is -3.26. The fourth-order valence-corrected chi connectivity index (χ4v) is 4.36. The van der Waals surface area contributed by atoms with E-state index in [0.717, 1.165) is 11.1 Å². The number of hydrogen-bond acceptors (Lipinski definition) is 6. The molecule has 0 fully saturated rings. The summed E-state index contributed by atoms with van der Waals surface area (Å²) in [6.07, 6.45) is 5.31. The maximum atomic E-state index is 13.3. The monoisotopic (exact) mass is 394 g/mol. The summed E-state index contributed by atoms with van der Waals surface area (Å²) in [6.45, 7) is 1.76. The molecule has 0 saturated heterocycles. The van der Waals surface area contributed by atoms with Crippen LogP contribution in [0, 0.1) is 0 Å². The van der Waals surface area contributed by atoms with Crippen molar-refractivity contribution < 1.29 is 9.53 Å². The number of carbonyl (C=O) groups is 1. The van der Waals surface area contributed by atoms with E-state index in [2.05, 4.69) is 10.1 Å². The van der Waals surface area contributed by atoms with Crippen LogP contribution in [-0.4, -0.2) is 27.4 Å². The molecule has 1 aliphatic heterocycles. The van der Waals surface area contributed by atoms with E-state index >= 15 is 0 Å². The van der Waals surface area contributed by atoms with E-state index in [1.165, 1.54) is 18.4 Å². The minimum atomic E-state index is -0.582. The molecule has 2 aromatic heterocycles. The van der Waals surface area contributed by atoms with E-state index in [0.29, 0.717) is 20.6 Å². The number of thiazole rings is 1. The zero-order chi connectivity index (χ0) is 19.8. The quantitative estimate of drug-likeness (QED) is 0.624. The average molecular weight is 394 g/mol. The Morgan fingerprint density at radius 2 is 2.04 bits per heavy atom. The Kier molecular flexibility index (Phi) is 4.56. The van der Waals surface area contributed by atoms with E-state index in [-0.39, 0.29) is 5.56 Å². The molecule has 0 aliphatic carbocycles. The summed E-state index contributed by atoms with van der Waals surface area (Å²) >= 11 is 1.29. The fraction of sp³-hybridized carbons (Fsp3) is 0.200. The molecule has 0 radical (unpaired) electrons. The van der Waals surface area contributed by atoms with Crippen LogP contribution < -0.4 is 14.9 Å². The van der Waals surface area contributed by atoms with E-state index in [1.54, 1.807) is 28.4 Å². The van der Waals surface area contributed by atoms with Crippen molar-refractivity contribution in [3.05, 3.63) is 84.8 Å². The maximum absolute atomic E-state index is 13.3. The van der Waals surface area contributed by atoms with Gasteiger partial charge in [0.15, 0.2) is 4.80 Å². The van der Waals surface area contributed by atoms with Gasteiger partial charge < -0.3 is 4.74 Å². The van der Waals surface area contributed by atoms with E-state index < -0.39 is 12.0 Å². The SMILES string of the molecule is COC(=O)C1=C(C)N=c2s/c(=C\c3cnn(C)c3)c(=O)n2[C@H]1c1ccccc1. The molecule has 28 heavy (non-hydrogen) atoms. The van der Waals surface area contributed by atoms with Crippen LogP contribution in [-0.2, 0) is 16.6 Å². The molecule has 0 saturated carbocycles. The van der Waals surface area contributed by atoms with Crippen molar-refractivity contribution >= 4 is 23.4 Å². The van der Waals surface area contributed by atoms with Gasteiger partial charge >= 0.3 is 5.97 Å². The molecular weight excluding hydrogens is 376 g/mol. The second kappa shape index (κ2) is 7.05. The number of esters is 1. The van der Waals surface area contributed by atoms with Crippen molar-refractivity contribution in [2.24, 2.45) is 12.0 Å². The van der Waals surface area contributed by atoms with Gasteiger partial charge in [0, 0.05) is 18.8 Å². The van der Waals surface area contributed by atoms with Crippen LogP contribution in [0.4, 0.5) is 0 Å². The smallest absolute Gasteiger partial charge is 0.338 e. The van der Waals surface area contributed by atoms with Gasteiger partial charge in [-0.05, 0) is 18.6 Å². The van der Waals surface area contributed by atoms with Crippen molar-refractivity contribution in [2.75, 3.05) is 7.11 Å². The van der Waals surface area contributed by atoms with Crippen molar-refractivity contribution in [3.8, 4) is 0 Å². The average Bonchev–Trinajstić information content (AvgIpc) is 3.24. The summed E-state index contributed by atoms with van der Waals surface area (Å²) < 4.78 is 8.76. The summed E-state index contributed by atoms with van der Waals surface area (Å²) in [7, 11) is 3.15. The highest BCUT2D eigenvalue weighted by Gasteiger charge is 2.32. The molecule has 7 nitrogen and oxygen atoms in total. The highest BCUT2D eigenvalue weighted by atomic mass is 32.1. The lowest BCUT2D eigenvalue weighted by Gasteiger charge is -2.24. The minimum Gasteiger partial charge on any atom is -0.466 e. The van der Waals surface area contributed by atoms with Gasteiger partial charge in [0.25, 0.3) is 5.56 Å². The molecule has 0 bridgehead atoms. The first-order valence-corrected chi connectivity index (χ1v) is 9.45. The van der Waals surface area contributed by atoms with Crippen molar-refractivity contribution in [2.45, 2.75) is 13.0 Å². The largest absolute Gasteiger partial charge is 0.466 e. The second-order valence-electron chi connectivity index (χ2n) is 6.43. The Balaban J connectivity index is 1.99. The van der Waals surface area contributed by atoms with Crippen LogP contribution in [0.1, 0.15) is 24.1 Å². The number of benzene rings is 1. The maximum Gasteiger partial charge on any atom is 0.338 e. The fourth-order valence-electron chi connectivity index (χ4n) is 3.31. The first-order valence-electron chi connectivity index (χ1n) is 8.64. The van der Waals surface area contributed by atoms with Crippen molar-refractivity contribution in [1.82, 2.24) is 14.3 Å². The predicted octanol–water partition coefficient (Wildman–Crippen LogP) is 1.14. The Labute approximate surface area is 164 Å². The third-order valence-corrected chi connectivity index (χ3v) is 5.55. The number of aromatic nitrogens is 3. The molecular formula is C20H18N4O3S. The number of aryl methyl sites for hydroxylation is 1. The van der Waals surface area contributed by atoms with Gasteiger partial charge in [0.05, 0.1) is 35.2 Å². The lowest BCUT2D eigenvalue weighted by atomic mass is 9.96. The Morgan fingerprint density at radius 1 is 1.29 bits per heavy atom. The van der Waals surface area contributed by atoms with E-state index in [1.807, 2.05) is 43.6 Å². The first-order chi connectivity index (χ1) is 13.5. The molecule has 8 heteroatoms.